The number of rotatable bonds is 5. The van der Waals surface area contributed by atoms with Gasteiger partial charge < -0.3 is 20.1 Å². The van der Waals surface area contributed by atoms with Crippen molar-refractivity contribution in [3.8, 4) is 0 Å². The number of hydrogen-bond donors (Lipinski definition) is 2. The highest BCUT2D eigenvalue weighted by Crippen LogP contribution is 2.17. The third-order valence-electron chi connectivity index (χ3n) is 3.12. The van der Waals surface area contributed by atoms with Crippen LogP contribution in [0.1, 0.15) is 12.6 Å². The summed E-state index contributed by atoms with van der Waals surface area (Å²) in [5.74, 6) is 0.841. The van der Waals surface area contributed by atoms with Gasteiger partial charge in [-0.1, -0.05) is 6.07 Å². The smallest absolute Gasteiger partial charge is 0.221 e. The molecule has 0 saturated heterocycles. The molecule has 0 saturated carbocycles. The van der Waals surface area contributed by atoms with Gasteiger partial charge in [-0.3, -0.25) is 4.79 Å². The average Bonchev–Trinajstić information content (AvgIpc) is 2.77. The van der Waals surface area contributed by atoms with Crippen molar-refractivity contribution < 1.29 is 4.79 Å². The van der Waals surface area contributed by atoms with E-state index < -0.39 is 0 Å². The van der Waals surface area contributed by atoms with Crippen molar-refractivity contribution >= 4 is 23.2 Å². The van der Waals surface area contributed by atoms with E-state index >= 15 is 0 Å². The number of benzene rings is 1. The van der Waals surface area contributed by atoms with Crippen molar-refractivity contribution in [1.82, 2.24) is 9.55 Å². The van der Waals surface area contributed by atoms with Crippen LogP contribution in [0.25, 0.3) is 0 Å². The number of amides is 1. The molecule has 112 valence electrons. The van der Waals surface area contributed by atoms with Gasteiger partial charge in [-0.2, -0.15) is 0 Å². The minimum absolute atomic E-state index is 0.0746. The average molecular weight is 287 g/mol. The molecule has 0 unspecified atom stereocenters. The van der Waals surface area contributed by atoms with E-state index in [1.54, 1.807) is 0 Å². The second kappa shape index (κ2) is 6.30. The second-order valence-corrected chi connectivity index (χ2v) is 5.12. The van der Waals surface area contributed by atoms with Gasteiger partial charge in [-0.25, -0.2) is 4.98 Å². The lowest BCUT2D eigenvalue weighted by atomic mass is 10.2. The maximum atomic E-state index is 11.1. The fraction of sp³-hybridized carbons (Fsp3) is 0.333. The molecular weight excluding hydrogens is 266 g/mol. The summed E-state index contributed by atoms with van der Waals surface area (Å²) >= 11 is 0. The molecule has 1 aromatic heterocycles. The largest absolute Gasteiger partial charge is 0.379 e. The lowest BCUT2D eigenvalue weighted by Crippen LogP contribution is -2.15. The topological polar surface area (TPSA) is 62.2 Å². The molecule has 0 fully saturated rings. The van der Waals surface area contributed by atoms with Crippen LogP contribution in [0.2, 0.25) is 0 Å². The normalized spacial score (nSPS) is 10.3. The summed E-state index contributed by atoms with van der Waals surface area (Å²) in [5.41, 5.74) is 2.82. The molecule has 2 N–H and O–H groups in total. The van der Waals surface area contributed by atoms with Crippen molar-refractivity contribution in [2.45, 2.75) is 13.5 Å². The van der Waals surface area contributed by atoms with E-state index in [-0.39, 0.29) is 5.91 Å². The minimum Gasteiger partial charge on any atom is -0.379 e. The van der Waals surface area contributed by atoms with Crippen molar-refractivity contribution in [3.05, 3.63) is 36.2 Å². The molecule has 1 amide bonds. The summed E-state index contributed by atoms with van der Waals surface area (Å²) in [6.45, 7) is 2.17. The van der Waals surface area contributed by atoms with Crippen molar-refractivity contribution in [2.75, 3.05) is 29.6 Å². The Bertz CT molecular complexity index is 633. The number of nitrogens with one attached hydrogen (secondary N) is 2. The Balaban J connectivity index is 2.04. The van der Waals surface area contributed by atoms with Crippen LogP contribution in [0.3, 0.4) is 0 Å². The quantitative estimate of drug-likeness (QED) is 0.883. The van der Waals surface area contributed by atoms with Crippen LogP contribution in [0.5, 0.6) is 0 Å². The number of carbonyl (C=O) groups excluding carboxylic acids is 1. The molecule has 2 aromatic rings. The Morgan fingerprint density at radius 1 is 1.33 bits per heavy atom. The molecule has 0 bridgehead atoms. The van der Waals surface area contributed by atoms with E-state index in [1.807, 2.05) is 61.1 Å². The van der Waals surface area contributed by atoms with Gasteiger partial charge in [-0.15, -0.1) is 0 Å². The second-order valence-electron chi connectivity index (χ2n) is 5.12. The van der Waals surface area contributed by atoms with Gasteiger partial charge in [0.1, 0.15) is 0 Å². The van der Waals surface area contributed by atoms with E-state index in [9.17, 15) is 4.79 Å². The summed E-state index contributed by atoms with van der Waals surface area (Å²) in [6.07, 6.45) is 1.86. The summed E-state index contributed by atoms with van der Waals surface area (Å²) in [5, 5.41) is 6.11. The Hall–Kier alpha value is -2.50. The minimum atomic E-state index is -0.0746. The molecule has 0 aliphatic rings. The Kier molecular flexibility index (Phi) is 4.47. The predicted molar refractivity (Wildman–Crippen MR) is 85.6 cm³/mol. The molecule has 0 spiro atoms. The number of imidazole rings is 1. The predicted octanol–water partition coefficient (Wildman–Crippen LogP) is 2.06. The molecule has 0 atom stereocenters. The molecular formula is C15H21N5O. The Morgan fingerprint density at radius 2 is 2.05 bits per heavy atom. The van der Waals surface area contributed by atoms with Gasteiger partial charge in [0, 0.05) is 39.4 Å². The summed E-state index contributed by atoms with van der Waals surface area (Å²) in [7, 11) is 5.93. The zero-order valence-corrected chi connectivity index (χ0v) is 12.8. The van der Waals surface area contributed by atoms with Crippen LogP contribution in [0.4, 0.5) is 17.3 Å². The van der Waals surface area contributed by atoms with E-state index in [0.29, 0.717) is 6.54 Å². The fourth-order valence-electron chi connectivity index (χ4n) is 2.12. The number of carbonyl (C=O) groups is 1. The molecule has 0 radical (unpaired) electrons. The van der Waals surface area contributed by atoms with E-state index in [0.717, 1.165) is 23.0 Å². The lowest BCUT2D eigenvalue weighted by Gasteiger charge is -2.13. The van der Waals surface area contributed by atoms with E-state index in [4.69, 9.17) is 0 Å². The Morgan fingerprint density at radius 3 is 2.67 bits per heavy atom. The highest BCUT2D eigenvalue weighted by Gasteiger charge is 2.07. The highest BCUT2D eigenvalue weighted by molar-refractivity contribution is 5.89. The van der Waals surface area contributed by atoms with Crippen LogP contribution in [0, 0.1) is 0 Å². The lowest BCUT2D eigenvalue weighted by molar-refractivity contribution is -0.114. The molecule has 2 rings (SSSR count). The van der Waals surface area contributed by atoms with Gasteiger partial charge in [0.05, 0.1) is 18.4 Å². The summed E-state index contributed by atoms with van der Waals surface area (Å²) < 4.78 is 2.05. The highest BCUT2D eigenvalue weighted by atomic mass is 16.1. The monoisotopic (exact) mass is 287 g/mol. The first kappa shape index (κ1) is 14.9. The molecule has 0 aliphatic carbocycles. The first-order valence-corrected chi connectivity index (χ1v) is 6.77. The van der Waals surface area contributed by atoms with Crippen molar-refractivity contribution in [3.63, 3.8) is 0 Å². The van der Waals surface area contributed by atoms with Crippen molar-refractivity contribution in [2.24, 2.45) is 7.05 Å². The van der Waals surface area contributed by atoms with Gasteiger partial charge in [0.25, 0.3) is 0 Å². The molecule has 1 heterocycles. The van der Waals surface area contributed by atoms with Crippen LogP contribution in [-0.4, -0.2) is 29.6 Å². The molecule has 6 heteroatoms. The number of nitrogens with zero attached hydrogens (tertiary/aromatic N) is 3. The van der Waals surface area contributed by atoms with Gasteiger partial charge in [0.2, 0.25) is 11.9 Å². The maximum absolute atomic E-state index is 11.1. The van der Waals surface area contributed by atoms with Gasteiger partial charge >= 0.3 is 0 Å². The summed E-state index contributed by atoms with van der Waals surface area (Å²) in [6, 6.07) is 7.64. The molecule has 6 nitrogen and oxygen atoms in total. The SMILES string of the molecule is CC(=O)Nc1cccc(NCc2cnc(N(C)C)n2C)c1. The van der Waals surface area contributed by atoms with Crippen molar-refractivity contribution in [1.29, 1.82) is 0 Å². The fourth-order valence-corrected chi connectivity index (χ4v) is 2.12. The Labute approximate surface area is 124 Å². The van der Waals surface area contributed by atoms with Crippen LogP contribution < -0.4 is 15.5 Å². The summed E-state index contributed by atoms with van der Waals surface area (Å²) in [4.78, 5) is 17.4. The zero-order chi connectivity index (χ0) is 15.4. The first-order chi connectivity index (χ1) is 9.97. The van der Waals surface area contributed by atoms with Crippen LogP contribution in [-0.2, 0) is 18.4 Å². The van der Waals surface area contributed by atoms with Crippen LogP contribution >= 0.6 is 0 Å². The first-order valence-electron chi connectivity index (χ1n) is 6.77. The third-order valence-corrected chi connectivity index (χ3v) is 3.12. The molecule has 0 aliphatic heterocycles. The number of hydrogen-bond acceptors (Lipinski definition) is 4. The standard InChI is InChI=1S/C15H21N5O/c1-11(21)18-13-7-5-6-12(8-13)16-9-14-10-17-15(19(2)3)20(14)4/h5-8,10,16H,9H2,1-4H3,(H,18,21). The third kappa shape index (κ3) is 3.75. The van der Waals surface area contributed by atoms with E-state index in [1.165, 1.54) is 6.92 Å². The molecule has 1 aromatic carbocycles. The molecule has 21 heavy (non-hydrogen) atoms. The van der Waals surface area contributed by atoms with E-state index in [2.05, 4.69) is 15.6 Å². The van der Waals surface area contributed by atoms with Gasteiger partial charge in [0.15, 0.2) is 0 Å². The zero-order valence-electron chi connectivity index (χ0n) is 12.8. The van der Waals surface area contributed by atoms with Crippen LogP contribution in [0.15, 0.2) is 30.5 Å². The van der Waals surface area contributed by atoms with Gasteiger partial charge in [-0.05, 0) is 18.2 Å². The number of aromatic nitrogens is 2. The number of anilines is 3. The maximum Gasteiger partial charge on any atom is 0.221 e.